The highest BCUT2D eigenvalue weighted by atomic mass is 32.2. The number of benzene rings is 1. The zero-order chi connectivity index (χ0) is 18.7. The van der Waals surface area contributed by atoms with Gasteiger partial charge in [-0.25, -0.2) is 17.6 Å². The van der Waals surface area contributed by atoms with Gasteiger partial charge in [0.05, 0.1) is 6.54 Å². The molecule has 0 bridgehead atoms. The van der Waals surface area contributed by atoms with E-state index >= 15 is 0 Å². The summed E-state index contributed by atoms with van der Waals surface area (Å²) >= 11 is 0. The summed E-state index contributed by atoms with van der Waals surface area (Å²) in [5.41, 5.74) is 0.608. The molecular formula is C16H19FN4O4S. The molecule has 1 aliphatic heterocycles. The van der Waals surface area contributed by atoms with Crippen LogP contribution in [0.25, 0.3) is 0 Å². The molecule has 0 spiro atoms. The molecule has 2 aromatic rings. The smallest absolute Gasteiger partial charge is 0.317 e. The minimum atomic E-state index is -3.92. The lowest BCUT2D eigenvalue weighted by Gasteiger charge is -2.33. The minimum Gasteiger partial charge on any atom is -0.361 e. The Labute approximate surface area is 150 Å². The van der Waals surface area contributed by atoms with Crippen molar-refractivity contribution in [2.24, 2.45) is 0 Å². The number of nitrogens with one attached hydrogen (secondary N) is 1. The molecule has 1 aromatic carbocycles. The number of halogens is 1. The molecule has 1 aliphatic rings. The van der Waals surface area contributed by atoms with Crippen LogP contribution in [0.15, 0.2) is 39.8 Å². The Hall–Kier alpha value is -2.46. The highest BCUT2D eigenvalue weighted by molar-refractivity contribution is 7.89. The highest BCUT2D eigenvalue weighted by Gasteiger charge is 2.31. The lowest BCUT2D eigenvalue weighted by atomic mass is 10.3. The lowest BCUT2D eigenvalue weighted by molar-refractivity contribution is 0.171. The minimum absolute atomic E-state index is 0.104. The number of nitrogens with zero attached hydrogens (tertiary/aromatic N) is 3. The van der Waals surface area contributed by atoms with Gasteiger partial charge in [0, 0.05) is 32.2 Å². The van der Waals surface area contributed by atoms with E-state index in [4.69, 9.17) is 4.52 Å². The number of hydrogen-bond acceptors (Lipinski definition) is 5. The van der Waals surface area contributed by atoms with Crippen molar-refractivity contribution < 1.29 is 22.1 Å². The van der Waals surface area contributed by atoms with Crippen LogP contribution in [0, 0.1) is 12.7 Å². The zero-order valence-corrected chi connectivity index (χ0v) is 15.0. The monoisotopic (exact) mass is 382 g/mol. The van der Waals surface area contributed by atoms with Crippen molar-refractivity contribution in [1.82, 2.24) is 19.7 Å². The van der Waals surface area contributed by atoms with Crippen molar-refractivity contribution in [3.63, 3.8) is 0 Å². The van der Waals surface area contributed by atoms with E-state index in [0.29, 0.717) is 11.5 Å². The molecule has 1 N–H and O–H groups in total. The highest BCUT2D eigenvalue weighted by Crippen LogP contribution is 2.20. The first kappa shape index (κ1) is 18.3. The molecule has 140 valence electrons. The molecule has 1 fully saturated rings. The molecule has 1 aromatic heterocycles. The average molecular weight is 382 g/mol. The molecule has 3 rings (SSSR count). The van der Waals surface area contributed by atoms with Crippen molar-refractivity contribution in [3.8, 4) is 0 Å². The number of piperazine rings is 1. The van der Waals surface area contributed by atoms with E-state index in [1.165, 1.54) is 27.4 Å². The van der Waals surface area contributed by atoms with E-state index in [2.05, 4.69) is 10.5 Å². The summed E-state index contributed by atoms with van der Waals surface area (Å²) in [7, 11) is -3.92. The van der Waals surface area contributed by atoms with Crippen LogP contribution in [0.5, 0.6) is 0 Å². The number of hydrogen-bond donors (Lipinski definition) is 1. The van der Waals surface area contributed by atoms with E-state index in [1.54, 1.807) is 13.0 Å². The van der Waals surface area contributed by atoms with Gasteiger partial charge in [0.15, 0.2) is 0 Å². The topological polar surface area (TPSA) is 95.8 Å². The summed E-state index contributed by atoms with van der Waals surface area (Å²) in [4.78, 5) is 13.4. The van der Waals surface area contributed by atoms with Crippen molar-refractivity contribution in [1.29, 1.82) is 0 Å². The molecule has 26 heavy (non-hydrogen) atoms. The zero-order valence-electron chi connectivity index (χ0n) is 14.2. The van der Waals surface area contributed by atoms with Crippen LogP contribution in [0.3, 0.4) is 0 Å². The number of urea groups is 1. The van der Waals surface area contributed by atoms with Crippen LogP contribution in [-0.2, 0) is 16.6 Å². The molecule has 10 heteroatoms. The molecule has 2 amide bonds. The first-order valence-corrected chi connectivity index (χ1v) is 9.51. The van der Waals surface area contributed by atoms with Gasteiger partial charge in [-0.1, -0.05) is 17.3 Å². The van der Waals surface area contributed by atoms with E-state index < -0.39 is 15.8 Å². The quantitative estimate of drug-likeness (QED) is 0.861. The summed E-state index contributed by atoms with van der Waals surface area (Å²) in [5.74, 6) is -0.128. The van der Waals surface area contributed by atoms with Gasteiger partial charge >= 0.3 is 6.03 Å². The fourth-order valence-corrected chi connectivity index (χ4v) is 4.19. The Morgan fingerprint density at radius 2 is 1.96 bits per heavy atom. The fraction of sp³-hybridized carbons (Fsp3) is 0.375. The van der Waals surface area contributed by atoms with Crippen molar-refractivity contribution >= 4 is 16.1 Å². The molecule has 0 atom stereocenters. The largest absolute Gasteiger partial charge is 0.361 e. The maximum absolute atomic E-state index is 13.8. The molecule has 0 aliphatic carbocycles. The van der Waals surface area contributed by atoms with Crippen LogP contribution in [0.1, 0.15) is 11.5 Å². The molecular weight excluding hydrogens is 363 g/mol. The second-order valence-electron chi connectivity index (χ2n) is 5.91. The number of aromatic nitrogens is 1. The number of carbonyl (C=O) groups is 1. The van der Waals surface area contributed by atoms with Crippen molar-refractivity contribution in [2.75, 3.05) is 26.2 Å². The summed E-state index contributed by atoms with van der Waals surface area (Å²) in [6.45, 7) is 2.63. The Morgan fingerprint density at radius 3 is 2.58 bits per heavy atom. The average Bonchev–Trinajstić information content (AvgIpc) is 3.05. The first-order chi connectivity index (χ1) is 12.4. The third kappa shape index (κ3) is 3.86. The summed E-state index contributed by atoms with van der Waals surface area (Å²) in [5, 5.41) is 6.50. The first-order valence-electron chi connectivity index (χ1n) is 8.07. The molecule has 2 heterocycles. The second kappa shape index (κ2) is 7.42. The SMILES string of the molecule is Cc1cc(CNC(=O)N2CCN(S(=O)(=O)c3ccccc3F)CC2)no1. The van der Waals surface area contributed by atoms with Gasteiger partial charge in [-0.05, 0) is 19.1 Å². The third-order valence-corrected chi connectivity index (χ3v) is 6.01. The third-order valence-electron chi connectivity index (χ3n) is 4.08. The number of sulfonamides is 1. The maximum atomic E-state index is 13.8. The van der Waals surface area contributed by atoms with E-state index in [9.17, 15) is 17.6 Å². The predicted molar refractivity (Wildman–Crippen MR) is 90.2 cm³/mol. The molecule has 0 radical (unpaired) electrons. The van der Waals surface area contributed by atoms with E-state index in [0.717, 1.165) is 6.07 Å². The Balaban J connectivity index is 1.57. The van der Waals surface area contributed by atoms with Gasteiger partial charge < -0.3 is 14.7 Å². The van der Waals surface area contributed by atoms with Crippen LogP contribution >= 0.6 is 0 Å². The van der Waals surface area contributed by atoms with Crippen molar-refractivity contribution in [3.05, 3.63) is 47.6 Å². The van der Waals surface area contributed by atoms with Crippen LogP contribution < -0.4 is 5.32 Å². The summed E-state index contributed by atoms with van der Waals surface area (Å²) < 4.78 is 45.0. The lowest BCUT2D eigenvalue weighted by Crippen LogP contribution is -2.53. The van der Waals surface area contributed by atoms with Crippen LogP contribution in [-0.4, -0.2) is 55.0 Å². The molecule has 1 saturated heterocycles. The Bertz CT molecular complexity index is 891. The maximum Gasteiger partial charge on any atom is 0.317 e. The van der Waals surface area contributed by atoms with Crippen LogP contribution in [0.2, 0.25) is 0 Å². The molecule has 8 nitrogen and oxygen atoms in total. The van der Waals surface area contributed by atoms with Crippen molar-refractivity contribution in [2.45, 2.75) is 18.4 Å². The molecule has 0 unspecified atom stereocenters. The Morgan fingerprint density at radius 1 is 1.27 bits per heavy atom. The fourth-order valence-electron chi connectivity index (χ4n) is 2.70. The van der Waals surface area contributed by atoms with Gasteiger partial charge in [0.2, 0.25) is 10.0 Å². The summed E-state index contributed by atoms with van der Waals surface area (Å²) in [6.07, 6.45) is 0. The second-order valence-corrected chi connectivity index (χ2v) is 7.82. The van der Waals surface area contributed by atoms with E-state index in [-0.39, 0.29) is 43.7 Å². The van der Waals surface area contributed by atoms with E-state index in [1.807, 2.05) is 0 Å². The predicted octanol–water partition coefficient (Wildman–Crippen LogP) is 1.34. The summed E-state index contributed by atoms with van der Waals surface area (Å²) in [6, 6.07) is 6.68. The number of amides is 2. The standard InChI is InChI=1S/C16H19FN4O4S/c1-12-10-13(19-25-12)11-18-16(22)20-6-8-21(9-7-20)26(23,24)15-5-3-2-4-14(15)17/h2-5,10H,6-9,11H2,1H3,(H,18,22). The van der Waals surface area contributed by atoms with Gasteiger partial charge in [0.25, 0.3) is 0 Å². The van der Waals surface area contributed by atoms with Gasteiger partial charge in [-0.2, -0.15) is 4.31 Å². The normalized spacial score (nSPS) is 15.8. The van der Waals surface area contributed by atoms with Gasteiger partial charge in [-0.15, -0.1) is 0 Å². The van der Waals surface area contributed by atoms with Crippen LogP contribution in [0.4, 0.5) is 9.18 Å². The Kier molecular flexibility index (Phi) is 5.23. The van der Waals surface area contributed by atoms with Gasteiger partial charge in [0.1, 0.15) is 22.2 Å². The number of rotatable bonds is 4. The van der Waals surface area contributed by atoms with Gasteiger partial charge in [-0.3, -0.25) is 0 Å². The number of aryl methyl sites for hydroxylation is 1. The molecule has 0 saturated carbocycles. The number of carbonyl (C=O) groups excluding carboxylic acids is 1.